The molecular weight excluding hydrogens is 423 g/mol. The molecule has 0 atom stereocenters. The van der Waals surface area contributed by atoms with E-state index in [1.165, 1.54) is 12.1 Å². The normalized spacial score (nSPS) is 10.2. The smallest absolute Gasteiger partial charge is 0.252 e. The standard InChI is InChI=1S/C17H17IN2O4/c18-13-4-2-1-3-12(13)17(24)20-10-16(23)19-8-7-11-5-6-14(21)15(22)9-11/h1-6,9,21-22H,7-8,10H2,(H,19,23)(H,20,24). The third kappa shape index (κ3) is 5.12. The summed E-state index contributed by atoms with van der Waals surface area (Å²) < 4.78 is 0.820. The highest BCUT2D eigenvalue weighted by atomic mass is 127. The molecule has 0 aliphatic rings. The van der Waals surface area contributed by atoms with Crippen LogP contribution in [-0.4, -0.2) is 35.1 Å². The van der Waals surface area contributed by atoms with Crippen molar-refractivity contribution in [1.29, 1.82) is 0 Å². The number of phenols is 2. The van der Waals surface area contributed by atoms with Gasteiger partial charge in [0.1, 0.15) is 0 Å². The van der Waals surface area contributed by atoms with Crippen LogP contribution in [0.3, 0.4) is 0 Å². The Kier molecular flexibility index (Phi) is 6.42. The molecule has 2 aromatic carbocycles. The van der Waals surface area contributed by atoms with Crippen molar-refractivity contribution in [3.05, 3.63) is 57.2 Å². The fraction of sp³-hybridized carbons (Fsp3) is 0.176. The lowest BCUT2D eigenvalue weighted by molar-refractivity contribution is -0.120. The van der Waals surface area contributed by atoms with E-state index < -0.39 is 0 Å². The van der Waals surface area contributed by atoms with Crippen molar-refractivity contribution in [3.63, 3.8) is 0 Å². The molecule has 24 heavy (non-hydrogen) atoms. The van der Waals surface area contributed by atoms with E-state index in [2.05, 4.69) is 33.2 Å². The summed E-state index contributed by atoms with van der Waals surface area (Å²) in [4.78, 5) is 23.7. The van der Waals surface area contributed by atoms with Gasteiger partial charge in [-0.15, -0.1) is 0 Å². The van der Waals surface area contributed by atoms with Crippen molar-refractivity contribution in [3.8, 4) is 11.5 Å². The maximum Gasteiger partial charge on any atom is 0.252 e. The van der Waals surface area contributed by atoms with E-state index in [-0.39, 0.29) is 29.9 Å². The number of aromatic hydroxyl groups is 2. The molecule has 0 bridgehead atoms. The first-order valence-corrected chi connectivity index (χ1v) is 8.35. The first-order chi connectivity index (χ1) is 11.5. The molecule has 6 nitrogen and oxygen atoms in total. The van der Waals surface area contributed by atoms with Crippen LogP contribution < -0.4 is 10.6 Å². The topological polar surface area (TPSA) is 98.7 Å². The molecule has 0 spiro atoms. The lowest BCUT2D eigenvalue weighted by atomic mass is 10.1. The second-order valence-electron chi connectivity index (χ2n) is 5.09. The first-order valence-electron chi connectivity index (χ1n) is 7.27. The number of nitrogens with one attached hydrogen (secondary N) is 2. The Morgan fingerprint density at radius 2 is 1.75 bits per heavy atom. The molecule has 7 heteroatoms. The SMILES string of the molecule is O=C(CNC(=O)c1ccccc1I)NCCc1ccc(O)c(O)c1. The van der Waals surface area contributed by atoms with Crippen LogP contribution in [-0.2, 0) is 11.2 Å². The van der Waals surface area contributed by atoms with Crippen LogP contribution in [0, 0.1) is 3.57 Å². The molecular formula is C17H17IN2O4. The molecule has 0 radical (unpaired) electrons. The van der Waals surface area contributed by atoms with Crippen LogP contribution >= 0.6 is 22.6 Å². The monoisotopic (exact) mass is 440 g/mol. The summed E-state index contributed by atoms with van der Waals surface area (Å²) in [6, 6.07) is 11.6. The lowest BCUT2D eigenvalue weighted by Gasteiger charge is -2.08. The highest BCUT2D eigenvalue weighted by molar-refractivity contribution is 14.1. The van der Waals surface area contributed by atoms with Crippen molar-refractivity contribution >= 4 is 34.4 Å². The molecule has 126 valence electrons. The zero-order valence-electron chi connectivity index (χ0n) is 12.8. The second-order valence-corrected chi connectivity index (χ2v) is 6.25. The van der Waals surface area contributed by atoms with Gasteiger partial charge in [-0.05, 0) is 58.8 Å². The number of rotatable bonds is 6. The van der Waals surface area contributed by atoms with Gasteiger partial charge in [0.2, 0.25) is 5.91 Å². The van der Waals surface area contributed by atoms with Gasteiger partial charge in [-0.2, -0.15) is 0 Å². The zero-order chi connectivity index (χ0) is 17.5. The number of hydrogen-bond acceptors (Lipinski definition) is 4. The van der Waals surface area contributed by atoms with Gasteiger partial charge in [0.15, 0.2) is 11.5 Å². The van der Waals surface area contributed by atoms with Crippen LogP contribution in [0.25, 0.3) is 0 Å². The summed E-state index contributed by atoms with van der Waals surface area (Å²) in [5, 5.41) is 23.9. The minimum Gasteiger partial charge on any atom is -0.504 e. The summed E-state index contributed by atoms with van der Waals surface area (Å²) in [5.74, 6) is -0.958. The van der Waals surface area contributed by atoms with Gasteiger partial charge in [0.05, 0.1) is 12.1 Å². The van der Waals surface area contributed by atoms with E-state index in [4.69, 9.17) is 0 Å². The summed E-state index contributed by atoms with van der Waals surface area (Å²) in [6.45, 7) is 0.256. The molecule has 0 unspecified atom stereocenters. The van der Waals surface area contributed by atoms with Gasteiger partial charge in [-0.25, -0.2) is 0 Å². The first kappa shape index (κ1) is 18.1. The minimum absolute atomic E-state index is 0.107. The Morgan fingerprint density at radius 1 is 1.00 bits per heavy atom. The lowest BCUT2D eigenvalue weighted by Crippen LogP contribution is -2.37. The molecule has 0 fully saturated rings. The number of hydrogen-bond donors (Lipinski definition) is 4. The van der Waals surface area contributed by atoms with Crippen LogP contribution in [0.2, 0.25) is 0 Å². The van der Waals surface area contributed by atoms with Gasteiger partial charge in [0.25, 0.3) is 5.91 Å². The van der Waals surface area contributed by atoms with Crippen molar-refractivity contribution in [2.75, 3.05) is 13.1 Å². The summed E-state index contributed by atoms with van der Waals surface area (Å²) in [6.07, 6.45) is 0.504. The van der Waals surface area contributed by atoms with Gasteiger partial charge in [-0.3, -0.25) is 9.59 Å². The molecule has 0 aliphatic heterocycles. The van der Waals surface area contributed by atoms with Gasteiger partial charge < -0.3 is 20.8 Å². The second kappa shape index (κ2) is 8.53. The minimum atomic E-state index is -0.294. The number of phenolic OH excluding ortho intramolecular Hbond substituents is 2. The Labute approximate surface area is 153 Å². The van der Waals surface area contributed by atoms with Crippen molar-refractivity contribution in [1.82, 2.24) is 10.6 Å². The van der Waals surface area contributed by atoms with Crippen LogP contribution in [0.15, 0.2) is 42.5 Å². The molecule has 0 saturated heterocycles. The molecule has 4 N–H and O–H groups in total. The third-order valence-electron chi connectivity index (χ3n) is 3.30. The number of halogens is 1. The van der Waals surface area contributed by atoms with E-state index >= 15 is 0 Å². The molecule has 0 heterocycles. The number of benzene rings is 2. The Bertz CT molecular complexity index is 749. The predicted octanol–water partition coefficient (Wildman–Crippen LogP) is 1.79. The fourth-order valence-electron chi connectivity index (χ4n) is 2.03. The van der Waals surface area contributed by atoms with E-state index in [0.717, 1.165) is 9.13 Å². The van der Waals surface area contributed by atoms with Crippen molar-refractivity contribution in [2.45, 2.75) is 6.42 Å². The van der Waals surface area contributed by atoms with Crippen LogP contribution in [0.5, 0.6) is 11.5 Å². The summed E-state index contributed by atoms with van der Waals surface area (Å²) >= 11 is 2.07. The van der Waals surface area contributed by atoms with Gasteiger partial charge in [0, 0.05) is 10.1 Å². The molecule has 2 rings (SSSR count). The Morgan fingerprint density at radius 3 is 2.46 bits per heavy atom. The largest absolute Gasteiger partial charge is 0.504 e. The Hall–Kier alpha value is -2.29. The van der Waals surface area contributed by atoms with Crippen molar-refractivity contribution in [2.24, 2.45) is 0 Å². The summed E-state index contributed by atoms with van der Waals surface area (Å²) in [7, 11) is 0. The average Bonchev–Trinajstić information content (AvgIpc) is 2.56. The highest BCUT2D eigenvalue weighted by Crippen LogP contribution is 2.24. The van der Waals surface area contributed by atoms with E-state index in [1.807, 2.05) is 12.1 Å². The van der Waals surface area contributed by atoms with Gasteiger partial charge >= 0.3 is 0 Å². The summed E-state index contributed by atoms with van der Waals surface area (Å²) in [5.41, 5.74) is 1.32. The highest BCUT2D eigenvalue weighted by Gasteiger charge is 2.10. The van der Waals surface area contributed by atoms with Gasteiger partial charge in [-0.1, -0.05) is 18.2 Å². The molecule has 2 amide bonds. The maximum atomic E-state index is 12.0. The predicted molar refractivity (Wildman–Crippen MR) is 98.0 cm³/mol. The Balaban J connectivity index is 1.74. The maximum absolute atomic E-state index is 12.0. The van der Waals surface area contributed by atoms with E-state index in [0.29, 0.717) is 18.5 Å². The molecule has 0 aromatic heterocycles. The number of carbonyl (C=O) groups excluding carboxylic acids is 2. The molecule has 2 aromatic rings. The number of carbonyl (C=O) groups is 2. The van der Waals surface area contributed by atoms with E-state index in [1.54, 1.807) is 18.2 Å². The van der Waals surface area contributed by atoms with Crippen LogP contribution in [0.1, 0.15) is 15.9 Å². The zero-order valence-corrected chi connectivity index (χ0v) is 14.9. The molecule has 0 aliphatic carbocycles. The quantitative estimate of drug-likeness (QED) is 0.407. The van der Waals surface area contributed by atoms with Crippen LogP contribution in [0.4, 0.5) is 0 Å². The fourth-order valence-corrected chi connectivity index (χ4v) is 2.67. The molecule has 0 saturated carbocycles. The van der Waals surface area contributed by atoms with Crippen molar-refractivity contribution < 1.29 is 19.8 Å². The average molecular weight is 440 g/mol. The number of amides is 2. The van der Waals surface area contributed by atoms with E-state index in [9.17, 15) is 19.8 Å². The third-order valence-corrected chi connectivity index (χ3v) is 4.24.